The van der Waals surface area contributed by atoms with E-state index in [9.17, 15) is 4.79 Å². The summed E-state index contributed by atoms with van der Waals surface area (Å²) in [5.41, 5.74) is 6.32. The molecule has 152 valence electrons. The number of aryl methyl sites for hydroxylation is 1. The van der Waals surface area contributed by atoms with Crippen LogP contribution in [-0.2, 0) is 11.8 Å². The van der Waals surface area contributed by atoms with Gasteiger partial charge in [0, 0.05) is 16.7 Å². The number of para-hydroxylation sites is 1. The summed E-state index contributed by atoms with van der Waals surface area (Å²) in [4.78, 5) is 19.4. The van der Waals surface area contributed by atoms with E-state index in [1.54, 1.807) is 11.8 Å². The Balaban J connectivity index is 1.86. The van der Waals surface area contributed by atoms with Gasteiger partial charge in [-0.3, -0.25) is 9.36 Å². The highest BCUT2D eigenvalue weighted by Crippen LogP contribution is 2.50. The zero-order chi connectivity index (χ0) is 20.7. The summed E-state index contributed by atoms with van der Waals surface area (Å²) in [7, 11) is 0. The van der Waals surface area contributed by atoms with Crippen molar-refractivity contribution in [2.45, 2.75) is 49.6 Å². The van der Waals surface area contributed by atoms with Crippen LogP contribution in [0.1, 0.15) is 42.4 Å². The summed E-state index contributed by atoms with van der Waals surface area (Å²) < 4.78 is 1.86. The molecular formula is C26H26N2OS. The van der Waals surface area contributed by atoms with Gasteiger partial charge in [-0.05, 0) is 43.4 Å². The minimum absolute atomic E-state index is 0.0835. The van der Waals surface area contributed by atoms with Crippen LogP contribution in [0.4, 0.5) is 0 Å². The molecule has 1 heterocycles. The molecule has 4 heteroatoms. The molecule has 5 rings (SSSR count). The Bertz CT molecular complexity index is 1190. The Morgan fingerprint density at radius 2 is 1.87 bits per heavy atom. The van der Waals surface area contributed by atoms with Gasteiger partial charge in [-0.25, -0.2) is 4.98 Å². The van der Waals surface area contributed by atoms with E-state index < -0.39 is 0 Å². The lowest BCUT2D eigenvalue weighted by Crippen LogP contribution is -2.40. The SMILES string of the molecule is C=CCSc1nc2c(c(=O)n1-c1ccccc1C)C1(CCCC1)Cc1ccccc1-2. The molecule has 0 atom stereocenters. The average molecular weight is 415 g/mol. The molecule has 2 aliphatic rings. The van der Waals surface area contributed by atoms with E-state index >= 15 is 0 Å². The van der Waals surface area contributed by atoms with Crippen LogP contribution in [0, 0.1) is 6.92 Å². The zero-order valence-electron chi connectivity index (χ0n) is 17.4. The van der Waals surface area contributed by atoms with Crippen LogP contribution in [0.3, 0.4) is 0 Å². The molecule has 0 aliphatic heterocycles. The Morgan fingerprint density at radius 3 is 2.63 bits per heavy atom. The fourth-order valence-corrected chi connectivity index (χ4v) is 6.00. The first-order valence-electron chi connectivity index (χ1n) is 10.7. The maximum absolute atomic E-state index is 14.2. The molecule has 0 unspecified atom stereocenters. The molecule has 1 aromatic heterocycles. The standard InChI is InChI=1S/C26H26N2OS/c1-3-16-30-25-27-23-20-12-6-5-11-19(20)17-26(14-8-9-15-26)22(23)24(29)28(25)21-13-7-4-10-18(21)2/h3-7,10-13H,1,8-9,14-17H2,2H3. The van der Waals surface area contributed by atoms with E-state index in [1.807, 2.05) is 28.8 Å². The van der Waals surface area contributed by atoms with Gasteiger partial charge in [0.2, 0.25) is 0 Å². The van der Waals surface area contributed by atoms with E-state index in [-0.39, 0.29) is 11.0 Å². The van der Waals surface area contributed by atoms with E-state index in [1.165, 1.54) is 18.4 Å². The monoisotopic (exact) mass is 414 g/mol. The van der Waals surface area contributed by atoms with Gasteiger partial charge in [-0.1, -0.05) is 73.1 Å². The molecular weight excluding hydrogens is 388 g/mol. The first kappa shape index (κ1) is 19.4. The summed E-state index contributed by atoms with van der Waals surface area (Å²) >= 11 is 1.58. The second kappa shape index (κ2) is 7.59. The quantitative estimate of drug-likeness (QED) is 0.305. The normalized spacial score (nSPS) is 16.3. The average Bonchev–Trinajstić information content (AvgIpc) is 3.21. The Hall–Kier alpha value is -2.59. The second-order valence-corrected chi connectivity index (χ2v) is 9.45. The minimum atomic E-state index is -0.0835. The number of aromatic nitrogens is 2. The second-order valence-electron chi connectivity index (χ2n) is 8.47. The lowest BCUT2D eigenvalue weighted by molar-refractivity contribution is 0.422. The van der Waals surface area contributed by atoms with Crippen molar-refractivity contribution < 1.29 is 0 Å². The molecule has 30 heavy (non-hydrogen) atoms. The highest BCUT2D eigenvalue weighted by atomic mass is 32.2. The molecule has 2 aliphatic carbocycles. The molecule has 2 aromatic carbocycles. The van der Waals surface area contributed by atoms with Crippen LogP contribution in [0.25, 0.3) is 16.9 Å². The van der Waals surface area contributed by atoms with Crippen LogP contribution in [0.15, 0.2) is 71.1 Å². The highest BCUT2D eigenvalue weighted by molar-refractivity contribution is 7.99. The Kier molecular flexibility index (Phi) is 4.90. The first-order chi connectivity index (χ1) is 14.6. The van der Waals surface area contributed by atoms with Crippen molar-refractivity contribution in [1.29, 1.82) is 0 Å². The molecule has 3 nitrogen and oxygen atoms in total. The van der Waals surface area contributed by atoms with Crippen molar-refractivity contribution in [3.05, 3.63) is 88.2 Å². The van der Waals surface area contributed by atoms with E-state index in [0.717, 1.165) is 52.5 Å². The summed E-state index contributed by atoms with van der Waals surface area (Å²) in [6, 6.07) is 16.6. The Morgan fingerprint density at radius 1 is 1.13 bits per heavy atom. The largest absolute Gasteiger partial charge is 0.268 e. The van der Waals surface area contributed by atoms with Gasteiger partial charge in [0.05, 0.1) is 16.9 Å². The fraction of sp³-hybridized carbons (Fsp3) is 0.308. The molecule has 0 N–H and O–H groups in total. The smallest absolute Gasteiger partial charge is 0.263 e. The number of rotatable bonds is 4. The molecule has 0 radical (unpaired) electrons. The zero-order valence-corrected chi connectivity index (χ0v) is 18.2. The van der Waals surface area contributed by atoms with Gasteiger partial charge in [0.1, 0.15) is 0 Å². The number of hydrogen-bond acceptors (Lipinski definition) is 3. The Labute approximate surface area is 181 Å². The topological polar surface area (TPSA) is 34.9 Å². The number of benzene rings is 2. The van der Waals surface area contributed by atoms with Crippen LogP contribution in [-0.4, -0.2) is 15.3 Å². The maximum Gasteiger partial charge on any atom is 0.263 e. The molecule has 0 saturated heterocycles. The van der Waals surface area contributed by atoms with Crippen molar-refractivity contribution in [2.24, 2.45) is 0 Å². The third-order valence-electron chi connectivity index (χ3n) is 6.63. The van der Waals surface area contributed by atoms with E-state index in [0.29, 0.717) is 5.75 Å². The van der Waals surface area contributed by atoms with Gasteiger partial charge in [-0.2, -0.15) is 0 Å². The number of thioether (sulfide) groups is 1. The predicted molar refractivity (Wildman–Crippen MR) is 125 cm³/mol. The van der Waals surface area contributed by atoms with Crippen molar-refractivity contribution in [2.75, 3.05) is 5.75 Å². The molecule has 0 bridgehead atoms. The number of nitrogens with zero attached hydrogens (tertiary/aromatic N) is 2. The van der Waals surface area contributed by atoms with E-state index in [2.05, 4.69) is 43.8 Å². The van der Waals surface area contributed by atoms with Gasteiger partial charge >= 0.3 is 0 Å². The lowest BCUT2D eigenvalue weighted by Gasteiger charge is -2.36. The van der Waals surface area contributed by atoms with Crippen molar-refractivity contribution in [3.8, 4) is 16.9 Å². The minimum Gasteiger partial charge on any atom is -0.268 e. The lowest BCUT2D eigenvalue weighted by atomic mass is 9.68. The van der Waals surface area contributed by atoms with Gasteiger partial charge in [-0.15, -0.1) is 6.58 Å². The third-order valence-corrected chi connectivity index (χ3v) is 7.57. The number of hydrogen-bond donors (Lipinski definition) is 0. The molecule has 3 aromatic rings. The summed E-state index contributed by atoms with van der Waals surface area (Å²) in [5.74, 6) is 0.712. The molecule has 1 saturated carbocycles. The fourth-order valence-electron chi connectivity index (χ4n) is 5.27. The van der Waals surface area contributed by atoms with Crippen LogP contribution < -0.4 is 5.56 Å². The van der Waals surface area contributed by atoms with Gasteiger partial charge < -0.3 is 0 Å². The molecule has 0 amide bonds. The predicted octanol–water partition coefficient (Wildman–Crippen LogP) is 5.85. The number of fused-ring (bicyclic) bond motifs is 4. The first-order valence-corrected chi connectivity index (χ1v) is 11.7. The van der Waals surface area contributed by atoms with Gasteiger partial charge in [0.15, 0.2) is 5.16 Å². The van der Waals surface area contributed by atoms with Crippen LogP contribution >= 0.6 is 11.8 Å². The summed E-state index contributed by atoms with van der Waals surface area (Å²) in [5, 5.41) is 0.748. The van der Waals surface area contributed by atoms with E-state index in [4.69, 9.17) is 4.98 Å². The molecule has 1 fully saturated rings. The van der Waals surface area contributed by atoms with Crippen molar-refractivity contribution in [1.82, 2.24) is 9.55 Å². The highest BCUT2D eigenvalue weighted by Gasteiger charge is 2.44. The van der Waals surface area contributed by atoms with Crippen LogP contribution in [0.2, 0.25) is 0 Å². The van der Waals surface area contributed by atoms with Crippen LogP contribution in [0.5, 0.6) is 0 Å². The molecule has 1 spiro atoms. The van der Waals surface area contributed by atoms with Crippen molar-refractivity contribution in [3.63, 3.8) is 0 Å². The third kappa shape index (κ3) is 2.97. The summed E-state index contributed by atoms with van der Waals surface area (Å²) in [6.07, 6.45) is 7.30. The van der Waals surface area contributed by atoms with Gasteiger partial charge in [0.25, 0.3) is 5.56 Å². The summed E-state index contributed by atoms with van der Waals surface area (Å²) in [6.45, 7) is 5.92. The maximum atomic E-state index is 14.2. The van der Waals surface area contributed by atoms with Crippen molar-refractivity contribution >= 4 is 11.8 Å².